The Kier molecular flexibility index (Phi) is 6.64. The third-order valence-corrected chi connectivity index (χ3v) is 4.26. The molecular formula is C20H33NO3. The van der Waals surface area contributed by atoms with Crippen molar-refractivity contribution in [3.05, 3.63) is 24.0 Å². The molecular weight excluding hydrogens is 302 g/mol. The molecule has 2 aliphatic rings. The summed E-state index contributed by atoms with van der Waals surface area (Å²) in [4.78, 5) is 0. The maximum Gasteiger partial charge on any atom is 0.137 e. The van der Waals surface area contributed by atoms with Crippen molar-refractivity contribution in [2.75, 3.05) is 6.61 Å². The standard InChI is InChI=1S/C20H33NO3/c1-14(2)22-13-16-9-15(16)7-6-8-17(12-21)23-18-10-19(11-18)24-20(3,4)5/h6-8,12,14-16,18-19,21H,9-11,13H2,1-5H3/b7-6+,17-8+,21-12?/t15?,16-,18?,19?/m0/s1. The van der Waals surface area contributed by atoms with E-state index in [0.717, 1.165) is 19.4 Å². The summed E-state index contributed by atoms with van der Waals surface area (Å²) in [6.45, 7) is 11.2. The molecule has 136 valence electrons. The first kappa shape index (κ1) is 19.2. The Labute approximate surface area is 146 Å². The maximum atomic E-state index is 7.50. The van der Waals surface area contributed by atoms with Crippen LogP contribution in [0.15, 0.2) is 24.0 Å². The van der Waals surface area contributed by atoms with Gasteiger partial charge in [0.25, 0.3) is 0 Å². The lowest BCUT2D eigenvalue weighted by molar-refractivity contribution is -0.136. The largest absolute Gasteiger partial charge is 0.489 e. The summed E-state index contributed by atoms with van der Waals surface area (Å²) in [6.07, 6.45) is 11.2. The fraction of sp³-hybridized carbons (Fsp3) is 0.750. The molecule has 4 heteroatoms. The van der Waals surface area contributed by atoms with Gasteiger partial charge in [0, 0.05) is 12.8 Å². The quantitative estimate of drug-likeness (QED) is 0.383. The summed E-state index contributed by atoms with van der Waals surface area (Å²) in [5.74, 6) is 1.89. The van der Waals surface area contributed by atoms with E-state index in [9.17, 15) is 0 Å². The van der Waals surface area contributed by atoms with Crippen LogP contribution in [0, 0.1) is 17.2 Å². The van der Waals surface area contributed by atoms with E-state index >= 15 is 0 Å². The fourth-order valence-corrected chi connectivity index (χ4v) is 2.83. The summed E-state index contributed by atoms with van der Waals surface area (Å²) in [6, 6.07) is 0. The summed E-state index contributed by atoms with van der Waals surface area (Å²) in [7, 11) is 0. The second-order valence-electron chi connectivity index (χ2n) is 8.20. The van der Waals surface area contributed by atoms with Gasteiger partial charge in [-0.05, 0) is 59.0 Å². The average molecular weight is 335 g/mol. The lowest BCUT2D eigenvalue weighted by atomic mass is 9.91. The molecule has 2 atom stereocenters. The summed E-state index contributed by atoms with van der Waals surface area (Å²) in [5, 5.41) is 7.50. The van der Waals surface area contributed by atoms with Gasteiger partial charge in [-0.1, -0.05) is 12.2 Å². The Morgan fingerprint density at radius 3 is 2.46 bits per heavy atom. The highest BCUT2D eigenvalue weighted by Gasteiger charge is 2.35. The highest BCUT2D eigenvalue weighted by atomic mass is 16.5. The fourth-order valence-electron chi connectivity index (χ4n) is 2.83. The SMILES string of the molecule is CC(C)OC[C@@H]1CC1/C=C/C=C(\C=N)OC1CC(OC(C)(C)C)C1. The van der Waals surface area contributed by atoms with Crippen LogP contribution in [0.25, 0.3) is 0 Å². The first-order valence-corrected chi connectivity index (χ1v) is 9.12. The normalized spacial score (nSPS) is 30.5. The van der Waals surface area contributed by atoms with Crippen molar-refractivity contribution in [2.24, 2.45) is 11.8 Å². The van der Waals surface area contributed by atoms with Crippen LogP contribution in [0.3, 0.4) is 0 Å². The monoisotopic (exact) mass is 335 g/mol. The van der Waals surface area contributed by atoms with Crippen molar-refractivity contribution in [1.82, 2.24) is 0 Å². The number of nitrogens with one attached hydrogen (secondary N) is 1. The van der Waals surface area contributed by atoms with E-state index < -0.39 is 0 Å². The van der Waals surface area contributed by atoms with Crippen LogP contribution in [0.5, 0.6) is 0 Å². The van der Waals surface area contributed by atoms with Gasteiger partial charge in [-0.25, -0.2) is 0 Å². The van der Waals surface area contributed by atoms with E-state index in [2.05, 4.69) is 40.7 Å². The molecule has 4 nitrogen and oxygen atoms in total. The topological polar surface area (TPSA) is 51.5 Å². The van der Waals surface area contributed by atoms with Gasteiger partial charge in [0.2, 0.25) is 0 Å². The van der Waals surface area contributed by atoms with E-state index in [4.69, 9.17) is 19.6 Å². The molecule has 0 aromatic carbocycles. The van der Waals surface area contributed by atoms with E-state index in [1.165, 1.54) is 12.6 Å². The Balaban J connectivity index is 1.67. The van der Waals surface area contributed by atoms with Crippen LogP contribution in [-0.2, 0) is 14.2 Å². The van der Waals surface area contributed by atoms with Crippen LogP contribution in [0.1, 0.15) is 53.9 Å². The molecule has 2 rings (SSSR count). The summed E-state index contributed by atoms with van der Waals surface area (Å²) >= 11 is 0. The third-order valence-electron chi connectivity index (χ3n) is 4.26. The molecule has 1 N–H and O–H groups in total. The lowest BCUT2D eigenvalue weighted by Gasteiger charge is -2.39. The predicted molar refractivity (Wildman–Crippen MR) is 97.4 cm³/mol. The number of hydrogen-bond acceptors (Lipinski definition) is 4. The highest BCUT2D eigenvalue weighted by Crippen LogP contribution is 2.40. The number of hydrogen-bond donors (Lipinski definition) is 1. The van der Waals surface area contributed by atoms with Crippen LogP contribution in [0.2, 0.25) is 0 Å². The predicted octanol–water partition coefficient (Wildman–Crippen LogP) is 4.50. The van der Waals surface area contributed by atoms with E-state index in [1.54, 1.807) is 0 Å². The minimum absolute atomic E-state index is 0.0985. The molecule has 0 heterocycles. The van der Waals surface area contributed by atoms with E-state index in [0.29, 0.717) is 23.7 Å². The smallest absolute Gasteiger partial charge is 0.137 e. The molecule has 0 radical (unpaired) electrons. The third kappa shape index (κ3) is 6.78. The van der Waals surface area contributed by atoms with Gasteiger partial charge in [0.15, 0.2) is 0 Å². The first-order valence-electron chi connectivity index (χ1n) is 9.12. The second kappa shape index (κ2) is 8.30. The van der Waals surface area contributed by atoms with Crippen LogP contribution in [-0.4, -0.2) is 36.7 Å². The zero-order valence-electron chi connectivity index (χ0n) is 15.7. The van der Waals surface area contributed by atoms with Gasteiger partial charge in [-0.2, -0.15) is 0 Å². The number of ether oxygens (including phenoxy) is 3. The van der Waals surface area contributed by atoms with Crippen LogP contribution >= 0.6 is 0 Å². The van der Waals surface area contributed by atoms with Gasteiger partial charge >= 0.3 is 0 Å². The number of allylic oxidation sites excluding steroid dienone is 4. The molecule has 2 aliphatic carbocycles. The Morgan fingerprint density at radius 1 is 1.17 bits per heavy atom. The van der Waals surface area contributed by atoms with Gasteiger partial charge < -0.3 is 19.6 Å². The highest BCUT2D eigenvalue weighted by molar-refractivity contribution is 5.73. The zero-order valence-corrected chi connectivity index (χ0v) is 15.7. The van der Waals surface area contributed by atoms with Gasteiger partial charge in [-0.3, -0.25) is 0 Å². The van der Waals surface area contributed by atoms with Gasteiger partial charge in [-0.15, -0.1) is 0 Å². The second-order valence-corrected chi connectivity index (χ2v) is 8.20. The molecule has 0 bridgehead atoms. The Hall–Kier alpha value is -1.13. The molecule has 2 saturated carbocycles. The van der Waals surface area contributed by atoms with Gasteiger partial charge in [0.1, 0.15) is 11.9 Å². The minimum atomic E-state index is -0.0985. The molecule has 0 aromatic rings. The number of rotatable bonds is 9. The molecule has 24 heavy (non-hydrogen) atoms. The van der Waals surface area contributed by atoms with Crippen LogP contribution < -0.4 is 0 Å². The molecule has 1 unspecified atom stereocenters. The Bertz CT molecular complexity index is 470. The van der Waals surface area contributed by atoms with Gasteiger partial charge in [0.05, 0.1) is 30.6 Å². The van der Waals surface area contributed by atoms with Crippen LogP contribution in [0.4, 0.5) is 0 Å². The maximum absolute atomic E-state index is 7.50. The lowest BCUT2D eigenvalue weighted by Crippen LogP contribution is -2.41. The summed E-state index contributed by atoms with van der Waals surface area (Å²) < 4.78 is 17.4. The Morgan fingerprint density at radius 2 is 1.88 bits per heavy atom. The molecule has 0 amide bonds. The molecule has 0 spiro atoms. The molecule has 0 saturated heterocycles. The summed E-state index contributed by atoms with van der Waals surface area (Å²) in [5.41, 5.74) is -0.0985. The van der Waals surface area contributed by atoms with Crippen molar-refractivity contribution >= 4 is 6.21 Å². The molecule has 0 aromatic heterocycles. The first-order chi connectivity index (χ1) is 11.3. The average Bonchev–Trinajstić information content (AvgIpc) is 3.18. The molecule has 2 fully saturated rings. The van der Waals surface area contributed by atoms with Crippen molar-refractivity contribution in [2.45, 2.75) is 77.8 Å². The zero-order chi connectivity index (χ0) is 17.7. The molecule has 0 aliphatic heterocycles. The minimum Gasteiger partial charge on any atom is -0.489 e. The van der Waals surface area contributed by atoms with Crippen molar-refractivity contribution in [1.29, 1.82) is 5.41 Å². The van der Waals surface area contributed by atoms with E-state index in [1.807, 2.05) is 12.2 Å². The van der Waals surface area contributed by atoms with Crippen molar-refractivity contribution in [3.8, 4) is 0 Å². The van der Waals surface area contributed by atoms with Crippen molar-refractivity contribution in [3.63, 3.8) is 0 Å². The van der Waals surface area contributed by atoms with Crippen molar-refractivity contribution < 1.29 is 14.2 Å². The van der Waals surface area contributed by atoms with E-state index in [-0.39, 0.29) is 17.8 Å².